The molecular formula is C22H21F2N5OS. The highest BCUT2D eigenvalue weighted by Crippen LogP contribution is 2.21. The fraction of sp³-hybridized carbons (Fsp3) is 0.227. The van der Waals surface area contributed by atoms with Crippen molar-refractivity contribution in [2.45, 2.75) is 5.03 Å². The molecule has 160 valence electrons. The third-order valence-electron chi connectivity index (χ3n) is 4.91. The van der Waals surface area contributed by atoms with Gasteiger partial charge in [-0.1, -0.05) is 30.0 Å². The number of nitrogens with one attached hydrogen (secondary N) is 1. The van der Waals surface area contributed by atoms with Crippen LogP contribution in [0.2, 0.25) is 0 Å². The lowest BCUT2D eigenvalue weighted by atomic mass is 10.2. The predicted octanol–water partition coefficient (Wildman–Crippen LogP) is 3.81. The molecular weight excluding hydrogens is 420 g/mol. The number of anilines is 3. The normalized spacial score (nSPS) is 13.9. The second-order valence-corrected chi connectivity index (χ2v) is 8.00. The van der Waals surface area contributed by atoms with Gasteiger partial charge in [-0.2, -0.15) is 0 Å². The first kappa shape index (κ1) is 21.0. The highest BCUT2D eigenvalue weighted by atomic mass is 32.2. The van der Waals surface area contributed by atoms with Gasteiger partial charge < -0.3 is 15.1 Å². The van der Waals surface area contributed by atoms with Gasteiger partial charge in [0, 0.05) is 43.6 Å². The predicted molar refractivity (Wildman–Crippen MR) is 119 cm³/mol. The highest BCUT2D eigenvalue weighted by Gasteiger charge is 2.18. The maximum atomic E-state index is 13.2. The first-order valence-electron chi connectivity index (χ1n) is 9.85. The molecule has 1 amide bonds. The SMILES string of the molecule is O=C(CSc1ccc(N2CCN(c3ccccc3)CC2)nn1)Nc1ccc(F)c(F)c1. The lowest BCUT2D eigenvalue weighted by molar-refractivity contribution is -0.113. The minimum absolute atomic E-state index is 0.0861. The molecule has 1 aliphatic heterocycles. The number of carbonyl (C=O) groups excluding carboxylic acids is 1. The Bertz CT molecular complexity index is 1030. The van der Waals surface area contributed by atoms with Gasteiger partial charge in [-0.3, -0.25) is 4.79 Å². The van der Waals surface area contributed by atoms with Crippen molar-refractivity contribution in [3.63, 3.8) is 0 Å². The summed E-state index contributed by atoms with van der Waals surface area (Å²) in [4.78, 5) is 16.6. The van der Waals surface area contributed by atoms with E-state index in [1.807, 2.05) is 30.3 Å². The Morgan fingerprint density at radius 1 is 0.903 bits per heavy atom. The molecule has 0 aliphatic carbocycles. The van der Waals surface area contributed by atoms with Crippen LogP contribution < -0.4 is 15.1 Å². The van der Waals surface area contributed by atoms with Crippen LogP contribution in [0, 0.1) is 11.6 Å². The largest absolute Gasteiger partial charge is 0.368 e. The van der Waals surface area contributed by atoms with Crippen LogP contribution in [-0.4, -0.2) is 48.0 Å². The average Bonchev–Trinajstić information content (AvgIpc) is 2.81. The lowest BCUT2D eigenvalue weighted by Gasteiger charge is -2.36. The molecule has 0 unspecified atom stereocenters. The van der Waals surface area contributed by atoms with E-state index in [1.54, 1.807) is 0 Å². The number of carbonyl (C=O) groups is 1. The van der Waals surface area contributed by atoms with Gasteiger partial charge in [0.2, 0.25) is 5.91 Å². The van der Waals surface area contributed by atoms with Crippen LogP contribution in [0.4, 0.5) is 26.0 Å². The molecule has 1 aliphatic rings. The van der Waals surface area contributed by atoms with Crippen molar-refractivity contribution in [3.05, 3.63) is 72.3 Å². The van der Waals surface area contributed by atoms with Crippen molar-refractivity contribution in [3.8, 4) is 0 Å². The summed E-state index contributed by atoms with van der Waals surface area (Å²) < 4.78 is 26.2. The van der Waals surface area contributed by atoms with Crippen molar-refractivity contribution in [1.82, 2.24) is 10.2 Å². The minimum Gasteiger partial charge on any atom is -0.368 e. The zero-order valence-electron chi connectivity index (χ0n) is 16.7. The average molecular weight is 442 g/mol. The van der Waals surface area contributed by atoms with Crippen molar-refractivity contribution < 1.29 is 13.6 Å². The minimum atomic E-state index is -1.00. The van der Waals surface area contributed by atoms with Gasteiger partial charge in [0.15, 0.2) is 17.5 Å². The lowest BCUT2D eigenvalue weighted by Crippen LogP contribution is -2.46. The number of amides is 1. The summed E-state index contributed by atoms with van der Waals surface area (Å²) in [5, 5.41) is 11.7. The molecule has 9 heteroatoms. The summed E-state index contributed by atoms with van der Waals surface area (Å²) in [6.07, 6.45) is 0. The molecule has 2 aromatic carbocycles. The van der Waals surface area contributed by atoms with Crippen LogP contribution in [0.1, 0.15) is 0 Å². The number of halogens is 2. The number of nitrogens with zero attached hydrogens (tertiary/aromatic N) is 4. The zero-order valence-corrected chi connectivity index (χ0v) is 17.5. The standard InChI is InChI=1S/C22H21F2N5OS/c23-18-7-6-16(14-19(18)24)25-21(30)15-31-22-9-8-20(26-27-22)29-12-10-28(11-13-29)17-4-2-1-3-5-17/h1-9,14H,10-13,15H2,(H,25,30). The molecule has 1 aromatic heterocycles. The Labute approximate surface area is 183 Å². The van der Waals surface area contributed by atoms with E-state index in [-0.39, 0.29) is 17.3 Å². The van der Waals surface area contributed by atoms with E-state index in [1.165, 1.54) is 23.5 Å². The van der Waals surface area contributed by atoms with Crippen molar-refractivity contribution >= 4 is 34.9 Å². The maximum absolute atomic E-state index is 13.2. The summed E-state index contributed by atoms with van der Waals surface area (Å²) >= 11 is 1.23. The molecule has 2 heterocycles. The summed E-state index contributed by atoms with van der Waals surface area (Å²) in [7, 11) is 0. The number of benzene rings is 2. The number of piperazine rings is 1. The summed E-state index contributed by atoms with van der Waals surface area (Å²) in [5.41, 5.74) is 1.43. The second kappa shape index (κ2) is 9.74. The Balaban J connectivity index is 1.25. The number of hydrogen-bond donors (Lipinski definition) is 1. The molecule has 0 atom stereocenters. The smallest absolute Gasteiger partial charge is 0.234 e. The van der Waals surface area contributed by atoms with Crippen molar-refractivity contribution in [2.24, 2.45) is 0 Å². The highest BCUT2D eigenvalue weighted by molar-refractivity contribution is 7.99. The molecule has 0 saturated carbocycles. The Morgan fingerprint density at radius 2 is 1.65 bits per heavy atom. The van der Waals surface area contributed by atoms with Gasteiger partial charge in [0.05, 0.1) is 5.75 Å². The van der Waals surface area contributed by atoms with E-state index >= 15 is 0 Å². The van der Waals surface area contributed by atoms with E-state index in [0.29, 0.717) is 5.03 Å². The second-order valence-electron chi connectivity index (χ2n) is 7.01. The number of hydrogen-bond acceptors (Lipinski definition) is 6. The monoisotopic (exact) mass is 441 g/mol. The van der Waals surface area contributed by atoms with Gasteiger partial charge in [0.1, 0.15) is 5.03 Å². The summed E-state index contributed by atoms with van der Waals surface area (Å²) in [6.45, 7) is 3.53. The van der Waals surface area contributed by atoms with Gasteiger partial charge >= 0.3 is 0 Å². The Kier molecular flexibility index (Phi) is 6.61. The van der Waals surface area contributed by atoms with E-state index in [2.05, 4.69) is 37.4 Å². The number of thioether (sulfide) groups is 1. The first-order valence-corrected chi connectivity index (χ1v) is 10.8. The Hall–Kier alpha value is -3.20. The van der Waals surface area contributed by atoms with E-state index in [4.69, 9.17) is 0 Å². The van der Waals surface area contributed by atoms with Crippen LogP contribution >= 0.6 is 11.8 Å². The van der Waals surface area contributed by atoms with Crippen LogP contribution in [0.15, 0.2) is 65.7 Å². The van der Waals surface area contributed by atoms with Gasteiger partial charge in [-0.25, -0.2) is 8.78 Å². The molecule has 31 heavy (non-hydrogen) atoms. The molecule has 0 spiro atoms. The van der Waals surface area contributed by atoms with Gasteiger partial charge in [-0.05, 0) is 36.4 Å². The summed E-state index contributed by atoms with van der Waals surface area (Å²) in [6, 6.07) is 17.3. The molecule has 4 rings (SSSR count). The van der Waals surface area contributed by atoms with Crippen LogP contribution in [0.25, 0.3) is 0 Å². The van der Waals surface area contributed by atoms with Crippen LogP contribution in [0.5, 0.6) is 0 Å². The van der Waals surface area contributed by atoms with Crippen molar-refractivity contribution in [1.29, 1.82) is 0 Å². The molecule has 1 N–H and O–H groups in total. The molecule has 3 aromatic rings. The van der Waals surface area contributed by atoms with E-state index < -0.39 is 11.6 Å². The molecule has 1 saturated heterocycles. The maximum Gasteiger partial charge on any atom is 0.234 e. The van der Waals surface area contributed by atoms with Crippen LogP contribution in [0.3, 0.4) is 0 Å². The summed E-state index contributed by atoms with van der Waals surface area (Å²) in [5.74, 6) is -1.40. The number of rotatable bonds is 6. The molecule has 1 fully saturated rings. The number of aromatic nitrogens is 2. The zero-order chi connectivity index (χ0) is 21.6. The molecule has 0 radical (unpaired) electrons. The first-order chi connectivity index (χ1) is 15.1. The quantitative estimate of drug-likeness (QED) is 0.587. The van der Waals surface area contributed by atoms with Gasteiger partial charge in [0.25, 0.3) is 0 Å². The third-order valence-corrected chi connectivity index (χ3v) is 5.83. The van der Waals surface area contributed by atoms with Crippen molar-refractivity contribution in [2.75, 3.05) is 47.0 Å². The fourth-order valence-electron chi connectivity index (χ4n) is 3.30. The molecule has 0 bridgehead atoms. The fourth-order valence-corrected chi connectivity index (χ4v) is 3.92. The van der Waals surface area contributed by atoms with Gasteiger partial charge in [-0.15, -0.1) is 10.2 Å². The Morgan fingerprint density at radius 3 is 2.32 bits per heavy atom. The topological polar surface area (TPSA) is 61.4 Å². The molecule has 6 nitrogen and oxygen atoms in total. The van der Waals surface area contributed by atoms with E-state index in [9.17, 15) is 13.6 Å². The third kappa shape index (κ3) is 5.49. The van der Waals surface area contributed by atoms with Crippen LogP contribution in [-0.2, 0) is 4.79 Å². The van der Waals surface area contributed by atoms with E-state index in [0.717, 1.165) is 44.1 Å². The number of para-hydroxylation sites is 1.